The summed E-state index contributed by atoms with van der Waals surface area (Å²) in [5.74, 6) is 1.35. The normalized spacial score (nSPS) is 11.2. The summed E-state index contributed by atoms with van der Waals surface area (Å²) in [6, 6.07) is 11.7. The second kappa shape index (κ2) is 9.00. The van der Waals surface area contributed by atoms with Crippen molar-refractivity contribution in [1.29, 1.82) is 0 Å². The number of aromatic nitrogens is 1. The van der Waals surface area contributed by atoms with Crippen LogP contribution in [0.25, 0.3) is 0 Å². The fourth-order valence-electron chi connectivity index (χ4n) is 2.10. The number of nitrogens with one attached hydrogen (secondary N) is 2. The highest BCUT2D eigenvalue weighted by Crippen LogP contribution is 2.14. The van der Waals surface area contributed by atoms with Crippen LogP contribution in [-0.4, -0.2) is 31.6 Å². The molecule has 1 aromatic carbocycles. The van der Waals surface area contributed by atoms with Crippen molar-refractivity contribution >= 4 is 17.6 Å². The number of ether oxygens (including phenoxy) is 1. The number of benzene rings is 1. The molecule has 0 amide bonds. The van der Waals surface area contributed by atoms with Crippen molar-refractivity contribution in [3.05, 3.63) is 58.7 Å². The minimum Gasteiger partial charge on any atom is -0.481 e. The first-order valence-corrected chi connectivity index (χ1v) is 7.77. The zero-order valence-corrected chi connectivity index (χ0v) is 14.1. The number of pyridine rings is 1. The van der Waals surface area contributed by atoms with Crippen molar-refractivity contribution in [2.24, 2.45) is 4.99 Å². The molecule has 0 aliphatic heterocycles. The van der Waals surface area contributed by atoms with Gasteiger partial charge in [-0.15, -0.1) is 0 Å². The molecule has 2 N–H and O–H groups in total. The first kappa shape index (κ1) is 17.1. The number of rotatable bonds is 6. The SMILES string of the molecule is CN=C(NCCc1ccccc1Cl)NCc1ccnc(OC)c1. The van der Waals surface area contributed by atoms with Crippen LogP contribution in [0.5, 0.6) is 5.88 Å². The smallest absolute Gasteiger partial charge is 0.213 e. The zero-order valence-electron chi connectivity index (χ0n) is 13.3. The van der Waals surface area contributed by atoms with Crippen molar-refractivity contribution in [2.45, 2.75) is 13.0 Å². The van der Waals surface area contributed by atoms with Gasteiger partial charge in [0, 0.05) is 37.4 Å². The standard InChI is InChI=1S/C17H21ClN4O/c1-19-17(21-10-8-14-5-3-4-6-15(14)18)22-12-13-7-9-20-16(11-13)23-2/h3-7,9,11H,8,10,12H2,1-2H3,(H2,19,21,22). The van der Waals surface area contributed by atoms with Crippen molar-refractivity contribution in [1.82, 2.24) is 15.6 Å². The molecule has 0 unspecified atom stereocenters. The average Bonchev–Trinajstić information content (AvgIpc) is 2.59. The van der Waals surface area contributed by atoms with E-state index >= 15 is 0 Å². The molecule has 6 heteroatoms. The fraction of sp³-hybridized carbons (Fsp3) is 0.294. The van der Waals surface area contributed by atoms with E-state index in [0.29, 0.717) is 12.4 Å². The van der Waals surface area contributed by atoms with E-state index in [1.807, 2.05) is 36.4 Å². The third kappa shape index (κ3) is 5.45. The predicted molar refractivity (Wildman–Crippen MR) is 94.1 cm³/mol. The van der Waals surface area contributed by atoms with Crippen LogP contribution in [-0.2, 0) is 13.0 Å². The monoisotopic (exact) mass is 332 g/mol. The Morgan fingerprint density at radius 3 is 2.83 bits per heavy atom. The molecule has 2 rings (SSSR count). The van der Waals surface area contributed by atoms with Gasteiger partial charge in [-0.1, -0.05) is 29.8 Å². The molecule has 0 fully saturated rings. The summed E-state index contributed by atoms with van der Waals surface area (Å²) in [6.07, 6.45) is 2.56. The maximum Gasteiger partial charge on any atom is 0.213 e. The van der Waals surface area contributed by atoms with Crippen LogP contribution < -0.4 is 15.4 Å². The highest BCUT2D eigenvalue weighted by atomic mass is 35.5. The third-order valence-corrected chi connectivity index (χ3v) is 3.71. The lowest BCUT2D eigenvalue weighted by atomic mass is 10.1. The lowest BCUT2D eigenvalue weighted by molar-refractivity contribution is 0.397. The van der Waals surface area contributed by atoms with Crippen molar-refractivity contribution in [3.8, 4) is 5.88 Å². The van der Waals surface area contributed by atoms with Crippen LogP contribution in [0, 0.1) is 0 Å². The van der Waals surface area contributed by atoms with Crippen LogP contribution in [0.2, 0.25) is 5.02 Å². The summed E-state index contributed by atoms with van der Waals surface area (Å²) in [4.78, 5) is 8.30. The largest absolute Gasteiger partial charge is 0.481 e. The first-order chi connectivity index (χ1) is 11.2. The van der Waals surface area contributed by atoms with Crippen molar-refractivity contribution in [2.75, 3.05) is 20.7 Å². The highest BCUT2D eigenvalue weighted by Gasteiger charge is 2.02. The molecule has 2 aromatic rings. The quantitative estimate of drug-likeness (QED) is 0.630. The minimum absolute atomic E-state index is 0.603. The van der Waals surface area contributed by atoms with E-state index in [0.717, 1.165) is 35.1 Å². The number of hydrogen-bond donors (Lipinski definition) is 2. The Balaban J connectivity index is 1.80. The molecule has 1 aromatic heterocycles. The van der Waals surface area contributed by atoms with Gasteiger partial charge < -0.3 is 15.4 Å². The van der Waals surface area contributed by atoms with Gasteiger partial charge in [-0.3, -0.25) is 4.99 Å². The minimum atomic E-state index is 0.603. The number of methoxy groups -OCH3 is 1. The zero-order chi connectivity index (χ0) is 16.5. The molecule has 0 aliphatic rings. The van der Waals surface area contributed by atoms with Crippen molar-refractivity contribution < 1.29 is 4.74 Å². The summed E-state index contributed by atoms with van der Waals surface area (Å²) >= 11 is 6.15. The third-order valence-electron chi connectivity index (χ3n) is 3.34. The molecular formula is C17H21ClN4O. The Morgan fingerprint density at radius 1 is 1.26 bits per heavy atom. The number of halogens is 1. The number of hydrogen-bond acceptors (Lipinski definition) is 3. The number of guanidine groups is 1. The lowest BCUT2D eigenvalue weighted by Crippen LogP contribution is -2.37. The lowest BCUT2D eigenvalue weighted by Gasteiger charge is -2.12. The summed E-state index contributed by atoms with van der Waals surface area (Å²) in [6.45, 7) is 1.40. The Morgan fingerprint density at radius 2 is 2.09 bits per heavy atom. The van der Waals surface area contributed by atoms with Crippen LogP contribution in [0.15, 0.2) is 47.6 Å². The maximum absolute atomic E-state index is 6.15. The van der Waals surface area contributed by atoms with Crippen molar-refractivity contribution in [3.63, 3.8) is 0 Å². The van der Waals surface area contributed by atoms with Gasteiger partial charge in [0.25, 0.3) is 0 Å². The maximum atomic E-state index is 6.15. The molecule has 0 aliphatic carbocycles. The van der Waals surface area contributed by atoms with Gasteiger partial charge in [0.1, 0.15) is 0 Å². The molecule has 23 heavy (non-hydrogen) atoms. The predicted octanol–water partition coefficient (Wildman–Crippen LogP) is 2.65. The van der Waals surface area contributed by atoms with Gasteiger partial charge in [-0.05, 0) is 29.7 Å². The molecule has 5 nitrogen and oxygen atoms in total. The molecule has 0 spiro atoms. The molecule has 0 atom stereocenters. The molecule has 0 bridgehead atoms. The van der Waals surface area contributed by atoms with Crippen LogP contribution in [0.4, 0.5) is 0 Å². The Hall–Kier alpha value is -2.27. The van der Waals surface area contributed by atoms with Gasteiger partial charge in [0.05, 0.1) is 7.11 Å². The Labute approximate surface area is 141 Å². The number of aliphatic imine (C=N–C) groups is 1. The van der Waals surface area contributed by atoms with Crippen LogP contribution in [0.3, 0.4) is 0 Å². The van der Waals surface area contributed by atoms with E-state index in [-0.39, 0.29) is 0 Å². The molecular weight excluding hydrogens is 312 g/mol. The van der Waals surface area contributed by atoms with E-state index in [1.165, 1.54) is 0 Å². The van der Waals surface area contributed by atoms with E-state index in [4.69, 9.17) is 16.3 Å². The van der Waals surface area contributed by atoms with Gasteiger partial charge in [0.15, 0.2) is 5.96 Å². The van der Waals surface area contributed by atoms with Gasteiger partial charge in [-0.2, -0.15) is 0 Å². The molecule has 1 heterocycles. The first-order valence-electron chi connectivity index (χ1n) is 7.39. The summed E-state index contributed by atoms with van der Waals surface area (Å²) in [5.41, 5.74) is 2.20. The van der Waals surface area contributed by atoms with Gasteiger partial charge in [0.2, 0.25) is 5.88 Å². The topological polar surface area (TPSA) is 58.5 Å². The summed E-state index contributed by atoms with van der Waals surface area (Å²) in [7, 11) is 3.35. The summed E-state index contributed by atoms with van der Waals surface area (Å²) in [5, 5.41) is 7.33. The fourth-order valence-corrected chi connectivity index (χ4v) is 2.33. The Bertz CT molecular complexity index is 661. The summed E-state index contributed by atoms with van der Waals surface area (Å²) < 4.78 is 5.12. The number of nitrogens with zero attached hydrogens (tertiary/aromatic N) is 2. The van der Waals surface area contributed by atoms with E-state index in [2.05, 4.69) is 20.6 Å². The van der Waals surface area contributed by atoms with Gasteiger partial charge >= 0.3 is 0 Å². The molecule has 0 saturated carbocycles. The Kier molecular flexibility index (Phi) is 6.69. The van der Waals surface area contributed by atoms with Crippen LogP contribution in [0.1, 0.15) is 11.1 Å². The average molecular weight is 333 g/mol. The van der Waals surface area contributed by atoms with E-state index in [1.54, 1.807) is 20.4 Å². The second-order valence-corrected chi connectivity index (χ2v) is 5.31. The van der Waals surface area contributed by atoms with Gasteiger partial charge in [-0.25, -0.2) is 4.98 Å². The highest BCUT2D eigenvalue weighted by molar-refractivity contribution is 6.31. The molecule has 0 saturated heterocycles. The van der Waals surface area contributed by atoms with Crippen LogP contribution >= 0.6 is 11.6 Å². The van der Waals surface area contributed by atoms with E-state index in [9.17, 15) is 0 Å². The van der Waals surface area contributed by atoms with E-state index < -0.39 is 0 Å². The molecule has 122 valence electrons. The molecule has 0 radical (unpaired) electrons. The second-order valence-electron chi connectivity index (χ2n) is 4.90.